The Labute approximate surface area is 129 Å². The van der Waals surface area contributed by atoms with Gasteiger partial charge in [0, 0.05) is 12.5 Å². The molecule has 0 aromatic heterocycles. The van der Waals surface area contributed by atoms with Gasteiger partial charge < -0.3 is 20.3 Å². The van der Waals surface area contributed by atoms with Crippen LogP contribution < -0.4 is 5.32 Å². The van der Waals surface area contributed by atoms with Gasteiger partial charge in [-0.25, -0.2) is 4.79 Å². The minimum Gasteiger partial charge on any atom is -0.479 e. The lowest BCUT2D eigenvalue weighted by molar-refractivity contribution is -0.188. The van der Waals surface area contributed by atoms with Gasteiger partial charge in [-0.15, -0.1) is 0 Å². The van der Waals surface area contributed by atoms with Crippen molar-refractivity contribution in [1.29, 1.82) is 0 Å². The van der Waals surface area contributed by atoms with Gasteiger partial charge >= 0.3 is 5.97 Å². The van der Waals surface area contributed by atoms with Gasteiger partial charge in [-0.1, -0.05) is 12.2 Å². The van der Waals surface area contributed by atoms with Gasteiger partial charge in [-0.2, -0.15) is 0 Å². The van der Waals surface area contributed by atoms with Crippen LogP contribution in [0.15, 0.2) is 12.2 Å². The first kappa shape index (κ1) is 15.5. The molecule has 2 aliphatic heterocycles. The molecule has 0 saturated carbocycles. The van der Waals surface area contributed by atoms with Crippen molar-refractivity contribution in [3.63, 3.8) is 0 Å². The molecule has 122 valence electrons. The molecule has 3 aliphatic rings. The molecule has 2 saturated heterocycles. The van der Waals surface area contributed by atoms with Crippen LogP contribution in [0, 0.1) is 11.8 Å². The molecule has 6 heteroatoms. The van der Waals surface area contributed by atoms with E-state index in [-0.39, 0.29) is 11.8 Å². The van der Waals surface area contributed by atoms with Crippen molar-refractivity contribution in [3.8, 4) is 0 Å². The fourth-order valence-corrected chi connectivity index (χ4v) is 4.31. The molecule has 2 fully saturated rings. The van der Waals surface area contributed by atoms with Gasteiger partial charge in [0.05, 0.1) is 12.0 Å². The molecule has 5 atom stereocenters. The standard InChI is InChI=1S/C16H23NO5/c1-15-11(8-5-9-22-15)13(19)17-16(15,14(20)21)12(18)10-6-3-2-4-7-10/h3,6,10-12,18H,2,4-5,7-9H2,1H3,(H,17,19)(H,20,21)/t10?,11-,12-,15-,16-/m0/s1. The number of aliphatic carboxylic acids is 1. The molecule has 3 rings (SSSR count). The average molecular weight is 309 g/mol. The normalized spacial score (nSPS) is 42.5. The lowest BCUT2D eigenvalue weighted by atomic mass is 9.67. The Balaban J connectivity index is 2.04. The third kappa shape index (κ3) is 1.93. The van der Waals surface area contributed by atoms with Gasteiger partial charge in [-0.3, -0.25) is 4.79 Å². The van der Waals surface area contributed by atoms with Crippen molar-refractivity contribution < 1.29 is 24.5 Å². The number of amides is 1. The van der Waals surface area contributed by atoms with E-state index in [0.29, 0.717) is 19.4 Å². The van der Waals surface area contributed by atoms with E-state index in [1.165, 1.54) is 0 Å². The van der Waals surface area contributed by atoms with Crippen molar-refractivity contribution in [1.82, 2.24) is 5.32 Å². The van der Waals surface area contributed by atoms with Gasteiger partial charge in [-0.05, 0) is 39.0 Å². The molecule has 6 nitrogen and oxygen atoms in total. The Kier molecular flexibility index (Phi) is 3.77. The predicted octanol–water partition coefficient (Wildman–Crippen LogP) is 0.842. The molecule has 1 amide bonds. The molecule has 0 aromatic rings. The summed E-state index contributed by atoms with van der Waals surface area (Å²) >= 11 is 0. The SMILES string of the molecule is C[C@]12OCCC[C@H]1C(=O)N[C@]2(C(=O)O)[C@@H](O)C1C=CCCC1. The van der Waals surface area contributed by atoms with E-state index in [9.17, 15) is 19.8 Å². The maximum absolute atomic E-state index is 12.3. The van der Waals surface area contributed by atoms with Crippen molar-refractivity contribution in [2.75, 3.05) is 6.61 Å². The Bertz CT molecular complexity index is 519. The minimum atomic E-state index is -1.79. The van der Waals surface area contributed by atoms with Crippen LogP contribution in [-0.4, -0.2) is 45.9 Å². The fourth-order valence-electron chi connectivity index (χ4n) is 4.31. The molecular formula is C16H23NO5. The molecule has 3 N–H and O–H groups in total. The van der Waals surface area contributed by atoms with Crippen LogP contribution in [0.1, 0.15) is 39.0 Å². The van der Waals surface area contributed by atoms with E-state index in [2.05, 4.69) is 5.32 Å². The monoisotopic (exact) mass is 309 g/mol. The number of carbonyl (C=O) groups is 2. The van der Waals surface area contributed by atoms with E-state index in [0.717, 1.165) is 19.3 Å². The van der Waals surface area contributed by atoms with Crippen LogP contribution in [0.4, 0.5) is 0 Å². The molecule has 1 unspecified atom stereocenters. The first-order valence-electron chi connectivity index (χ1n) is 7.97. The van der Waals surface area contributed by atoms with Crippen LogP contribution >= 0.6 is 0 Å². The van der Waals surface area contributed by atoms with E-state index in [1.807, 2.05) is 12.2 Å². The Hall–Kier alpha value is -1.40. The number of aliphatic hydroxyl groups excluding tert-OH is 1. The topological polar surface area (TPSA) is 95.9 Å². The lowest BCUT2D eigenvalue weighted by Gasteiger charge is -2.47. The third-order valence-corrected chi connectivity index (χ3v) is 5.60. The number of carbonyl (C=O) groups excluding carboxylic acids is 1. The minimum absolute atomic E-state index is 0.286. The number of fused-ring (bicyclic) bond motifs is 1. The maximum atomic E-state index is 12.3. The quantitative estimate of drug-likeness (QED) is 0.672. The van der Waals surface area contributed by atoms with E-state index in [4.69, 9.17) is 4.74 Å². The summed E-state index contributed by atoms with van der Waals surface area (Å²) in [6.07, 6.45) is 6.49. The molecular weight excluding hydrogens is 286 g/mol. The highest BCUT2D eigenvalue weighted by molar-refractivity contribution is 5.96. The van der Waals surface area contributed by atoms with Crippen LogP contribution in [0.2, 0.25) is 0 Å². The van der Waals surface area contributed by atoms with Gasteiger partial charge in [0.2, 0.25) is 5.91 Å². The van der Waals surface area contributed by atoms with E-state index < -0.39 is 29.1 Å². The molecule has 0 bridgehead atoms. The predicted molar refractivity (Wildman–Crippen MR) is 78.1 cm³/mol. The highest BCUT2D eigenvalue weighted by Gasteiger charge is 2.71. The summed E-state index contributed by atoms with van der Waals surface area (Å²) in [4.78, 5) is 24.5. The van der Waals surface area contributed by atoms with Crippen LogP contribution in [0.25, 0.3) is 0 Å². The van der Waals surface area contributed by atoms with Crippen LogP contribution in [0.3, 0.4) is 0 Å². The van der Waals surface area contributed by atoms with Gasteiger partial charge in [0.25, 0.3) is 0 Å². The first-order valence-corrected chi connectivity index (χ1v) is 7.97. The van der Waals surface area contributed by atoms with Crippen LogP contribution in [0.5, 0.6) is 0 Å². The second-order valence-corrected chi connectivity index (χ2v) is 6.72. The number of aliphatic hydroxyl groups is 1. The highest BCUT2D eigenvalue weighted by atomic mass is 16.5. The summed E-state index contributed by atoms with van der Waals surface area (Å²) in [6.45, 7) is 2.06. The van der Waals surface area contributed by atoms with Crippen molar-refractivity contribution in [3.05, 3.63) is 12.2 Å². The van der Waals surface area contributed by atoms with Crippen LogP contribution in [-0.2, 0) is 14.3 Å². The van der Waals surface area contributed by atoms with Gasteiger partial charge in [0.15, 0.2) is 5.54 Å². The summed E-state index contributed by atoms with van der Waals surface area (Å²) in [5.41, 5.74) is -3.01. The zero-order valence-electron chi connectivity index (χ0n) is 12.7. The summed E-state index contributed by atoms with van der Waals surface area (Å²) < 4.78 is 5.80. The lowest BCUT2D eigenvalue weighted by Crippen LogP contribution is -2.71. The molecule has 22 heavy (non-hydrogen) atoms. The van der Waals surface area contributed by atoms with E-state index in [1.54, 1.807) is 6.92 Å². The third-order valence-electron chi connectivity index (χ3n) is 5.60. The molecule has 0 spiro atoms. The number of ether oxygens (including phenoxy) is 1. The number of nitrogens with one attached hydrogen (secondary N) is 1. The zero-order chi connectivity index (χ0) is 16.0. The number of rotatable bonds is 3. The second-order valence-electron chi connectivity index (χ2n) is 6.72. The number of hydrogen-bond acceptors (Lipinski definition) is 4. The first-order chi connectivity index (χ1) is 10.4. The smallest absolute Gasteiger partial charge is 0.335 e. The Morgan fingerprint density at radius 2 is 2.23 bits per heavy atom. The number of allylic oxidation sites excluding steroid dienone is 1. The average Bonchev–Trinajstić information content (AvgIpc) is 2.76. The fraction of sp³-hybridized carbons (Fsp3) is 0.750. The largest absolute Gasteiger partial charge is 0.479 e. The highest BCUT2D eigenvalue weighted by Crippen LogP contribution is 2.48. The second kappa shape index (κ2) is 5.35. The summed E-state index contributed by atoms with van der Waals surface area (Å²) in [5, 5.41) is 23.4. The molecule has 0 radical (unpaired) electrons. The maximum Gasteiger partial charge on any atom is 0.335 e. The molecule has 0 aromatic carbocycles. The zero-order valence-corrected chi connectivity index (χ0v) is 12.7. The number of carboxylic acids is 1. The van der Waals surface area contributed by atoms with Gasteiger partial charge in [0.1, 0.15) is 5.60 Å². The molecule has 2 heterocycles. The summed E-state index contributed by atoms with van der Waals surface area (Å²) in [7, 11) is 0. The summed E-state index contributed by atoms with van der Waals surface area (Å²) in [5.74, 6) is -2.37. The van der Waals surface area contributed by atoms with E-state index >= 15 is 0 Å². The van der Waals surface area contributed by atoms with Crippen molar-refractivity contribution in [2.45, 2.75) is 56.3 Å². The molecule has 1 aliphatic carbocycles. The van der Waals surface area contributed by atoms with Crippen molar-refractivity contribution >= 4 is 11.9 Å². The Morgan fingerprint density at radius 3 is 2.86 bits per heavy atom. The van der Waals surface area contributed by atoms with Crippen molar-refractivity contribution in [2.24, 2.45) is 11.8 Å². The summed E-state index contributed by atoms with van der Waals surface area (Å²) in [6, 6.07) is 0. The number of hydrogen-bond donors (Lipinski definition) is 3. The number of carboxylic acid groups (broad SMARTS) is 1. The Morgan fingerprint density at radius 1 is 1.45 bits per heavy atom.